The molecule has 6 N–H and O–H groups in total. The molecule has 0 fully saturated rings. The molecule has 0 amide bonds. The zero-order valence-electron chi connectivity index (χ0n) is 15.2. The first kappa shape index (κ1) is 24.7. The number of rotatable bonds is 6. The number of aromatic nitrogens is 3. The van der Waals surface area contributed by atoms with Crippen LogP contribution in [0.3, 0.4) is 0 Å². The Morgan fingerprint density at radius 1 is 0.879 bits per heavy atom. The number of nitrogens with one attached hydrogen (secondary N) is 1. The first-order valence-electron chi connectivity index (χ1n) is 7.71. The van der Waals surface area contributed by atoms with Crippen LogP contribution in [-0.2, 0) is 41.4 Å². The molecule has 0 saturated carbocycles. The highest BCUT2D eigenvalue weighted by Gasteiger charge is 2.28. The Morgan fingerprint density at radius 3 is 1.97 bits per heavy atom. The van der Waals surface area contributed by atoms with Gasteiger partial charge in [-0.05, 0) is 23.6 Å². The number of phenols is 1. The number of aromatic amines is 1. The van der Waals surface area contributed by atoms with Gasteiger partial charge < -0.3 is 5.11 Å². The number of benzene rings is 2. The van der Waals surface area contributed by atoms with Crippen LogP contribution in [0.1, 0.15) is 0 Å². The fourth-order valence-corrected chi connectivity index (χ4v) is 4.83. The van der Waals surface area contributed by atoms with E-state index in [1.807, 2.05) is 5.10 Å². The van der Waals surface area contributed by atoms with E-state index >= 15 is 0 Å². The van der Waals surface area contributed by atoms with Crippen molar-refractivity contribution in [1.82, 2.24) is 15.2 Å². The maximum atomic E-state index is 11.8. The molecule has 1 aromatic heterocycles. The summed E-state index contributed by atoms with van der Waals surface area (Å²) in [4.78, 5) is -0.158. The number of azo groups is 1. The van der Waals surface area contributed by atoms with Crippen LogP contribution in [0.25, 0.3) is 10.8 Å². The molecule has 0 aliphatic rings. The summed E-state index contributed by atoms with van der Waals surface area (Å²) in [5, 5.41) is 20.4. The number of hydrogen-bond acceptors (Lipinski definition) is 12. The van der Waals surface area contributed by atoms with Crippen molar-refractivity contribution < 1.29 is 52.8 Å². The van der Waals surface area contributed by atoms with Gasteiger partial charge in [0.05, 0.1) is 4.90 Å². The van der Waals surface area contributed by atoms with E-state index in [0.717, 1.165) is 0 Å². The number of nitrogens with zero attached hydrogens (tertiary/aromatic N) is 4. The van der Waals surface area contributed by atoms with Crippen molar-refractivity contribution in [2.24, 2.45) is 10.2 Å². The third-order valence-electron chi connectivity index (χ3n) is 3.80. The van der Waals surface area contributed by atoms with Gasteiger partial charge in [0.25, 0.3) is 36.3 Å². The molecule has 2 aromatic carbocycles. The van der Waals surface area contributed by atoms with Crippen molar-refractivity contribution in [3.05, 3.63) is 18.2 Å². The lowest BCUT2D eigenvalue weighted by atomic mass is 10.1. The molecule has 0 aliphatic heterocycles. The summed E-state index contributed by atoms with van der Waals surface area (Å²) >= 11 is -2.60. The first-order chi connectivity index (χ1) is 15.0. The highest BCUT2D eigenvalue weighted by atomic mass is 32.2. The number of H-pyrrole nitrogens is 1. The minimum atomic E-state index is -5.28. The van der Waals surface area contributed by atoms with Crippen LogP contribution in [0, 0.1) is 0 Å². The van der Waals surface area contributed by atoms with E-state index in [9.17, 15) is 48.2 Å². The Bertz CT molecular complexity index is 1680. The molecule has 0 spiro atoms. The van der Waals surface area contributed by atoms with Crippen molar-refractivity contribution in [2.45, 2.75) is 19.8 Å². The van der Waals surface area contributed by atoms with Crippen LogP contribution in [0.5, 0.6) is 5.75 Å². The molecule has 3 rings (SSSR count). The molecule has 3 aromatic rings. The second kappa shape index (κ2) is 8.14. The molecule has 21 heteroatoms. The van der Waals surface area contributed by atoms with Crippen molar-refractivity contribution >= 4 is 63.8 Å². The fraction of sp³-hybridized carbons (Fsp3) is 0. The Kier molecular flexibility index (Phi) is 6.10. The van der Waals surface area contributed by atoms with Crippen LogP contribution in [-0.4, -0.2) is 68.0 Å². The van der Waals surface area contributed by atoms with E-state index in [-0.39, 0.29) is 6.07 Å². The molecule has 0 bridgehead atoms. The number of phenolic OH excluding ortho intramolecular Hbond substituents is 1. The number of fused-ring (bicyclic) bond motifs is 1. The standard InChI is InChI=1S/C12H9N5O12S4/c18-10-8-4(1-5(31(21,22)23)3-6(8)32(24,25)26)2-7(33(27,28)29)9(10)14-15-11-13-12(17-16-11)30(19)20/h1-3,18H,(H,19,20)(H,13,16,17)(H,21,22,23)(H,24,25,26)(H,27,28,29). The van der Waals surface area contributed by atoms with Gasteiger partial charge in [-0.1, -0.05) is 0 Å². The highest BCUT2D eigenvalue weighted by molar-refractivity contribution is 7.87. The summed E-state index contributed by atoms with van der Waals surface area (Å²) < 4.78 is 118. The predicted molar refractivity (Wildman–Crippen MR) is 105 cm³/mol. The minimum absolute atomic E-state index is 0.277. The molecule has 33 heavy (non-hydrogen) atoms. The van der Waals surface area contributed by atoms with Gasteiger partial charge in [-0.25, -0.2) is 9.31 Å². The number of aromatic hydroxyl groups is 1. The van der Waals surface area contributed by atoms with Gasteiger partial charge in [0.1, 0.15) is 15.5 Å². The maximum Gasteiger partial charge on any atom is 0.296 e. The molecule has 1 heterocycles. The van der Waals surface area contributed by atoms with E-state index in [2.05, 4.69) is 20.3 Å². The molecular weight excluding hydrogens is 534 g/mol. The zero-order chi connectivity index (χ0) is 24.9. The SMILES string of the molecule is O=S(O)c1nc(N=Nc2c(S(=O)(=O)O)cc3cc(S(=O)(=O)O)cc(S(=O)(=O)O)c3c2O)n[nH]1. The third-order valence-corrected chi connectivity index (χ3v) is 6.89. The Labute approximate surface area is 185 Å². The monoisotopic (exact) mass is 543 g/mol. The zero-order valence-corrected chi connectivity index (χ0v) is 18.5. The molecule has 1 atom stereocenters. The van der Waals surface area contributed by atoms with E-state index in [4.69, 9.17) is 4.55 Å². The van der Waals surface area contributed by atoms with E-state index in [0.29, 0.717) is 12.1 Å². The predicted octanol–water partition coefficient (Wildman–Crippen LogP) is 0.400. The Balaban J connectivity index is 2.43. The normalized spacial score (nSPS) is 14.2. The van der Waals surface area contributed by atoms with Crippen molar-refractivity contribution in [2.75, 3.05) is 0 Å². The van der Waals surface area contributed by atoms with Crippen molar-refractivity contribution in [1.29, 1.82) is 0 Å². The van der Waals surface area contributed by atoms with Gasteiger partial charge in [-0.2, -0.15) is 30.2 Å². The van der Waals surface area contributed by atoms with Gasteiger partial charge >= 0.3 is 0 Å². The van der Waals surface area contributed by atoms with Crippen LogP contribution < -0.4 is 0 Å². The van der Waals surface area contributed by atoms with E-state index < -0.39 is 89.4 Å². The molecule has 0 saturated heterocycles. The largest absolute Gasteiger partial charge is 0.505 e. The summed E-state index contributed by atoms with van der Waals surface area (Å²) in [6, 6.07) is 1.31. The smallest absolute Gasteiger partial charge is 0.296 e. The molecule has 1 unspecified atom stereocenters. The lowest BCUT2D eigenvalue weighted by Crippen LogP contribution is -2.06. The summed E-state index contributed by atoms with van der Waals surface area (Å²) in [6.45, 7) is 0. The Morgan fingerprint density at radius 2 is 1.48 bits per heavy atom. The fourth-order valence-electron chi connectivity index (χ4n) is 2.52. The van der Waals surface area contributed by atoms with E-state index in [1.54, 1.807) is 0 Å². The third kappa shape index (κ3) is 5.03. The average molecular weight is 543 g/mol. The maximum absolute atomic E-state index is 11.8. The highest BCUT2D eigenvalue weighted by Crippen LogP contribution is 2.44. The van der Waals surface area contributed by atoms with Gasteiger partial charge in [0.15, 0.2) is 5.75 Å². The van der Waals surface area contributed by atoms with Crippen molar-refractivity contribution in [3.63, 3.8) is 0 Å². The molecule has 178 valence electrons. The van der Waals surface area contributed by atoms with Gasteiger partial charge in [-0.3, -0.25) is 18.2 Å². The van der Waals surface area contributed by atoms with Crippen LogP contribution in [0.4, 0.5) is 11.6 Å². The molecule has 0 aliphatic carbocycles. The molecule has 17 nitrogen and oxygen atoms in total. The second-order valence-corrected chi connectivity index (χ2v) is 11.0. The summed E-state index contributed by atoms with van der Waals surface area (Å²) in [7, 11) is -15.6. The minimum Gasteiger partial charge on any atom is -0.505 e. The lowest BCUT2D eigenvalue weighted by molar-refractivity contribution is 0.469. The topological polar surface area (TPSA) is 287 Å². The van der Waals surface area contributed by atoms with Gasteiger partial charge in [-0.15, -0.1) is 15.3 Å². The molecule has 0 radical (unpaired) electrons. The van der Waals surface area contributed by atoms with Gasteiger partial charge in [0.2, 0.25) is 16.2 Å². The summed E-state index contributed by atoms with van der Waals surface area (Å²) in [5.41, 5.74) is -1.09. The first-order valence-corrected chi connectivity index (χ1v) is 13.1. The van der Waals surface area contributed by atoms with Crippen molar-refractivity contribution in [3.8, 4) is 5.75 Å². The average Bonchev–Trinajstić information content (AvgIpc) is 3.13. The number of hydrogen-bond donors (Lipinski definition) is 6. The van der Waals surface area contributed by atoms with E-state index in [1.165, 1.54) is 0 Å². The van der Waals surface area contributed by atoms with Gasteiger partial charge in [0, 0.05) is 5.39 Å². The quantitative estimate of drug-likeness (QED) is 0.139. The van der Waals surface area contributed by atoms with Crippen LogP contribution in [0.2, 0.25) is 0 Å². The Hall–Kier alpha value is -2.92. The summed E-state index contributed by atoms with van der Waals surface area (Å²) in [6.07, 6.45) is 0. The van der Waals surface area contributed by atoms with Crippen LogP contribution >= 0.6 is 0 Å². The molecular formula is C12H9N5O12S4. The van der Waals surface area contributed by atoms with Crippen LogP contribution in [0.15, 0.2) is 48.3 Å². The second-order valence-electron chi connectivity index (χ2n) is 5.91. The lowest BCUT2D eigenvalue weighted by Gasteiger charge is -2.12. The summed E-state index contributed by atoms with van der Waals surface area (Å²) in [5.74, 6) is -1.95.